The minimum absolute atomic E-state index is 0.286. The van der Waals surface area contributed by atoms with Crippen LogP contribution < -0.4 is 10.6 Å². The molecular weight excluding hydrogens is 344 g/mol. The summed E-state index contributed by atoms with van der Waals surface area (Å²) >= 11 is 1.96. The summed E-state index contributed by atoms with van der Waals surface area (Å²) < 4.78 is 5.66. The molecular formula is C20H28N4OS. The normalized spacial score (nSPS) is 15.9. The molecule has 6 heteroatoms. The zero-order valence-electron chi connectivity index (χ0n) is 15.8. The van der Waals surface area contributed by atoms with E-state index in [1.54, 1.807) is 0 Å². The van der Waals surface area contributed by atoms with Gasteiger partial charge in [-0.15, -0.1) is 11.8 Å². The minimum Gasteiger partial charge on any atom is -0.359 e. The van der Waals surface area contributed by atoms with E-state index in [4.69, 9.17) is 4.52 Å². The molecule has 0 atom stereocenters. The van der Waals surface area contributed by atoms with Crippen LogP contribution in [0.4, 0.5) is 0 Å². The second-order valence-electron chi connectivity index (χ2n) is 7.02. The molecule has 3 rings (SSSR count). The SMILES string of the molecule is CCNC(=NCc1cc(C(C)C)no1)NCC1(Sc2ccccc2)CC1. The third kappa shape index (κ3) is 5.27. The average molecular weight is 373 g/mol. The molecule has 1 aliphatic rings. The molecule has 1 aromatic heterocycles. The van der Waals surface area contributed by atoms with Gasteiger partial charge in [0, 0.05) is 28.8 Å². The van der Waals surface area contributed by atoms with Gasteiger partial charge in [-0.1, -0.05) is 37.2 Å². The van der Waals surface area contributed by atoms with Gasteiger partial charge in [0.15, 0.2) is 11.7 Å². The lowest BCUT2D eigenvalue weighted by atomic mass is 10.1. The number of hydrogen-bond donors (Lipinski definition) is 2. The summed E-state index contributed by atoms with van der Waals surface area (Å²) in [6, 6.07) is 12.6. The summed E-state index contributed by atoms with van der Waals surface area (Å²) in [4.78, 5) is 5.98. The molecule has 0 radical (unpaired) electrons. The molecule has 0 aliphatic heterocycles. The second-order valence-corrected chi connectivity index (χ2v) is 8.56. The van der Waals surface area contributed by atoms with Crippen LogP contribution in [0.3, 0.4) is 0 Å². The van der Waals surface area contributed by atoms with E-state index in [0.717, 1.165) is 30.5 Å². The topological polar surface area (TPSA) is 62.5 Å². The predicted molar refractivity (Wildman–Crippen MR) is 108 cm³/mol. The first-order valence-electron chi connectivity index (χ1n) is 9.32. The molecule has 0 saturated heterocycles. The lowest BCUT2D eigenvalue weighted by Gasteiger charge is -2.18. The first kappa shape index (κ1) is 18.8. The van der Waals surface area contributed by atoms with Gasteiger partial charge in [0.05, 0.1) is 5.69 Å². The van der Waals surface area contributed by atoms with Gasteiger partial charge in [0.1, 0.15) is 6.54 Å². The third-order valence-electron chi connectivity index (χ3n) is 4.37. The number of guanidine groups is 1. The van der Waals surface area contributed by atoms with Crippen molar-refractivity contribution in [2.75, 3.05) is 13.1 Å². The van der Waals surface area contributed by atoms with Gasteiger partial charge in [-0.25, -0.2) is 4.99 Å². The molecule has 5 nitrogen and oxygen atoms in total. The fraction of sp³-hybridized carbons (Fsp3) is 0.500. The van der Waals surface area contributed by atoms with Crippen LogP contribution in [0.2, 0.25) is 0 Å². The van der Waals surface area contributed by atoms with Crippen LogP contribution in [0, 0.1) is 0 Å². The van der Waals surface area contributed by atoms with Gasteiger partial charge in [0.2, 0.25) is 0 Å². The zero-order valence-corrected chi connectivity index (χ0v) is 16.6. The summed E-state index contributed by atoms with van der Waals surface area (Å²) in [6.07, 6.45) is 2.47. The lowest BCUT2D eigenvalue weighted by Crippen LogP contribution is -2.41. The van der Waals surface area contributed by atoms with Crippen molar-refractivity contribution in [3.8, 4) is 0 Å². The Morgan fingerprint density at radius 1 is 1.27 bits per heavy atom. The monoisotopic (exact) mass is 372 g/mol. The first-order valence-corrected chi connectivity index (χ1v) is 10.1. The predicted octanol–water partition coefficient (Wildman–Crippen LogP) is 4.18. The molecule has 140 valence electrons. The van der Waals surface area contributed by atoms with E-state index in [9.17, 15) is 0 Å². The Kier molecular flexibility index (Phi) is 6.25. The van der Waals surface area contributed by atoms with Gasteiger partial charge in [-0.05, 0) is 37.8 Å². The summed E-state index contributed by atoms with van der Waals surface area (Å²) in [6.45, 7) is 8.53. The van der Waals surface area contributed by atoms with Gasteiger partial charge in [0.25, 0.3) is 0 Å². The van der Waals surface area contributed by atoms with Crippen LogP contribution >= 0.6 is 11.8 Å². The number of benzene rings is 1. The van der Waals surface area contributed by atoms with E-state index in [2.05, 4.69) is 71.9 Å². The molecule has 2 aromatic rings. The van der Waals surface area contributed by atoms with Gasteiger partial charge < -0.3 is 15.2 Å². The Morgan fingerprint density at radius 2 is 2.04 bits per heavy atom. The Hall–Kier alpha value is -1.95. The molecule has 26 heavy (non-hydrogen) atoms. The number of rotatable bonds is 8. The van der Waals surface area contributed by atoms with Crippen LogP contribution in [-0.4, -0.2) is 29.0 Å². The van der Waals surface area contributed by atoms with Crippen molar-refractivity contribution in [3.63, 3.8) is 0 Å². The molecule has 1 heterocycles. The molecule has 0 spiro atoms. The highest BCUT2D eigenvalue weighted by atomic mass is 32.2. The molecule has 2 N–H and O–H groups in total. The van der Waals surface area contributed by atoms with Crippen LogP contribution in [0.1, 0.15) is 51.0 Å². The fourth-order valence-electron chi connectivity index (χ4n) is 2.61. The minimum atomic E-state index is 0.286. The Bertz CT molecular complexity index is 722. The molecule has 0 bridgehead atoms. The number of thioether (sulfide) groups is 1. The van der Waals surface area contributed by atoms with Gasteiger partial charge in [-0.3, -0.25) is 0 Å². The van der Waals surface area contributed by atoms with E-state index in [0.29, 0.717) is 12.5 Å². The Morgan fingerprint density at radius 3 is 2.65 bits per heavy atom. The van der Waals surface area contributed by atoms with E-state index < -0.39 is 0 Å². The summed E-state index contributed by atoms with van der Waals surface area (Å²) in [7, 11) is 0. The molecule has 1 aliphatic carbocycles. The number of hydrogen-bond acceptors (Lipinski definition) is 4. The zero-order chi connectivity index (χ0) is 18.4. The smallest absolute Gasteiger partial charge is 0.191 e. The summed E-state index contributed by atoms with van der Waals surface area (Å²) in [5.74, 6) is 1.99. The Balaban J connectivity index is 1.56. The van der Waals surface area contributed by atoms with E-state index in [1.807, 2.05) is 17.8 Å². The highest BCUT2D eigenvalue weighted by molar-refractivity contribution is 8.01. The van der Waals surface area contributed by atoms with Gasteiger partial charge in [-0.2, -0.15) is 0 Å². The van der Waals surface area contributed by atoms with E-state index in [-0.39, 0.29) is 4.75 Å². The van der Waals surface area contributed by atoms with Crippen molar-refractivity contribution in [2.45, 2.75) is 55.7 Å². The summed E-state index contributed by atoms with van der Waals surface area (Å²) in [5, 5.41) is 10.9. The maximum Gasteiger partial charge on any atom is 0.191 e. The quantitative estimate of drug-likeness (QED) is 0.538. The van der Waals surface area contributed by atoms with Crippen LogP contribution in [0.5, 0.6) is 0 Å². The number of nitrogens with zero attached hydrogens (tertiary/aromatic N) is 2. The largest absolute Gasteiger partial charge is 0.359 e. The highest BCUT2D eigenvalue weighted by Gasteiger charge is 2.43. The van der Waals surface area contributed by atoms with E-state index >= 15 is 0 Å². The first-order chi connectivity index (χ1) is 12.6. The van der Waals surface area contributed by atoms with Crippen molar-refractivity contribution in [1.82, 2.24) is 15.8 Å². The van der Waals surface area contributed by atoms with Crippen molar-refractivity contribution in [2.24, 2.45) is 4.99 Å². The highest BCUT2D eigenvalue weighted by Crippen LogP contribution is 2.51. The van der Waals surface area contributed by atoms with Crippen molar-refractivity contribution in [3.05, 3.63) is 47.9 Å². The molecule has 1 fully saturated rings. The summed E-state index contributed by atoms with van der Waals surface area (Å²) in [5.41, 5.74) is 0.976. The standard InChI is InChI=1S/C20H28N4OS/c1-4-21-19(22-13-16-12-18(15(2)3)24-25-16)23-14-20(10-11-20)26-17-8-6-5-7-9-17/h5-9,12,15H,4,10-11,13-14H2,1-3H3,(H2,21,22,23). The van der Waals surface area contributed by atoms with Crippen molar-refractivity contribution < 1.29 is 4.52 Å². The Labute approximate surface area is 160 Å². The average Bonchev–Trinajstić information content (AvgIpc) is 3.22. The maximum atomic E-state index is 5.37. The van der Waals surface area contributed by atoms with Crippen LogP contribution in [-0.2, 0) is 6.54 Å². The van der Waals surface area contributed by atoms with Crippen molar-refractivity contribution in [1.29, 1.82) is 0 Å². The third-order valence-corrected chi connectivity index (χ3v) is 5.86. The molecule has 1 aromatic carbocycles. The number of aromatic nitrogens is 1. The number of nitrogens with one attached hydrogen (secondary N) is 2. The maximum absolute atomic E-state index is 5.37. The van der Waals surface area contributed by atoms with Gasteiger partial charge >= 0.3 is 0 Å². The molecule has 0 unspecified atom stereocenters. The van der Waals surface area contributed by atoms with Crippen LogP contribution in [0.25, 0.3) is 0 Å². The van der Waals surface area contributed by atoms with E-state index in [1.165, 1.54) is 17.7 Å². The van der Waals surface area contributed by atoms with Crippen LogP contribution in [0.15, 0.2) is 50.8 Å². The fourth-order valence-corrected chi connectivity index (χ4v) is 3.86. The van der Waals surface area contributed by atoms with Crippen molar-refractivity contribution >= 4 is 17.7 Å². The lowest BCUT2D eigenvalue weighted by molar-refractivity contribution is 0.376. The molecule has 0 amide bonds. The number of aliphatic imine (C=N–C) groups is 1. The second kappa shape index (κ2) is 8.62. The molecule has 1 saturated carbocycles.